The van der Waals surface area contributed by atoms with E-state index in [4.69, 9.17) is 0 Å². The highest BCUT2D eigenvalue weighted by molar-refractivity contribution is 7.15. The Morgan fingerprint density at radius 1 is 1.23 bits per heavy atom. The van der Waals surface area contributed by atoms with Crippen LogP contribution in [0.2, 0.25) is 0 Å². The number of amides is 1. The number of thiazole rings is 1. The molecule has 5 nitrogen and oxygen atoms in total. The zero-order valence-corrected chi connectivity index (χ0v) is 15.0. The lowest BCUT2D eigenvalue weighted by Gasteiger charge is -2.10. The first-order valence-electron chi connectivity index (χ1n) is 7.64. The molecule has 3 rings (SSSR count). The highest BCUT2D eigenvalue weighted by Crippen LogP contribution is 2.30. The number of benzene rings is 1. The van der Waals surface area contributed by atoms with Gasteiger partial charge in [0.1, 0.15) is 0 Å². The van der Waals surface area contributed by atoms with E-state index in [0.29, 0.717) is 10.8 Å². The van der Waals surface area contributed by atoms with Crippen molar-refractivity contribution in [1.29, 1.82) is 0 Å². The van der Waals surface area contributed by atoms with E-state index in [2.05, 4.69) is 15.4 Å². The van der Waals surface area contributed by atoms with Crippen LogP contribution < -0.4 is 5.32 Å². The number of nitrogens with zero attached hydrogens (tertiary/aromatic N) is 3. The second kappa shape index (κ2) is 6.56. The zero-order chi connectivity index (χ0) is 19.1. The molecule has 0 spiro atoms. The van der Waals surface area contributed by atoms with E-state index in [-0.39, 0.29) is 11.3 Å². The lowest BCUT2D eigenvalue weighted by atomic mass is 10.2. The molecule has 0 unspecified atom stereocenters. The molecular weight excluding hydrogens is 365 g/mol. The smallest absolute Gasteiger partial charge is 0.298 e. The maximum atomic E-state index is 12.9. The summed E-state index contributed by atoms with van der Waals surface area (Å²) in [5, 5.41) is 7.23. The minimum Gasteiger partial charge on any atom is -0.298 e. The van der Waals surface area contributed by atoms with E-state index in [1.807, 2.05) is 13.8 Å². The maximum absolute atomic E-state index is 12.9. The van der Waals surface area contributed by atoms with Gasteiger partial charge in [-0.25, -0.2) is 9.67 Å². The average Bonchev–Trinajstić information content (AvgIpc) is 3.09. The van der Waals surface area contributed by atoms with Crippen molar-refractivity contribution >= 4 is 22.4 Å². The van der Waals surface area contributed by atoms with E-state index < -0.39 is 17.6 Å². The fraction of sp³-hybridized carbons (Fsp3) is 0.235. The number of aromatic nitrogens is 3. The highest BCUT2D eigenvalue weighted by Gasteiger charge is 2.30. The van der Waals surface area contributed by atoms with Crippen LogP contribution in [0.1, 0.15) is 32.2 Å². The van der Waals surface area contributed by atoms with Crippen molar-refractivity contribution in [3.8, 4) is 5.69 Å². The minimum atomic E-state index is -4.45. The number of rotatable bonds is 3. The molecule has 1 aromatic carbocycles. The largest absolute Gasteiger partial charge is 0.416 e. The maximum Gasteiger partial charge on any atom is 0.416 e. The normalized spacial score (nSPS) is 11.6. The number of alkyl halides is 3. The molecule has 136 valence electrons. The van der Waals surface area contributed by atoms with E-state index >= 15 is 0 Å². The van der Waals surface area contributed by atoms with Gasteiger partial charge in [-0.1, -0.05) is 6.07 Å². The van der Waals surface area contributed by atoms with Crippen LogP contribution in [0.4, 0.5) is 18.3 Å². The van der Waals surface area contributed by atoms with Gasteiger partial charge in [0.2, 0.25) is 0 Å². The number of carbonyl (C=O) groups is 1. The van der Waals surface area contributed by atoms with Crippen LogP contribution >= 0.6 is 11.3 Å². The number of nitrogens with one attached hydrogen (secondary N) is 1. The summed E-state index contributed by atoms with van der Waals surface area (Å²) in [6, 6.07) is 4.79. The lowest BCUT2D eigenvalue weighted by molar-refractivity contribution is -0.137. The standard InChI is InChI=1S/C17H15F3N4OS/c1-9-11(3)26-16(22-9)23-15(25)14-8-21-24(10(14)2)13-6-4-5-12(7-13)17(18,19)20/h4-8H,1-3H3,(H,22,23,25). The molecular formula is C17H15F3N4OS. The van der Waals surface area contributed by atoms with Crippen LogP contribution in [-0.4, -0.2) is 20.7 Å². The Bertz CT molecular complexity index is 955. The summed E-state index contributed by atoms with van der Waals surface area (Å²) < 4.78 is 40.0. The fourth-order valence-electron chi connectivity index (χ4n) is 2.40. The third-order valence-corrected chi connectivity index (χ3v) is 4.91. The quantitative estimate of drug-likeness (QED) is 0.727. The molecule has 2 heterocycles. The Labute approximate surface area is 151 Å². The van der Waals surface area contributed by atoms with Crippen LogP contribution in [0.5, 0.6) is 0 Å². The molecule has 3 aromatic rings. The predicted molar refractivity (Wildman–Crippen MR) is 92.8 cm³/mol. The predicted octanol–water partition coefficient (Wildman–Crippen LogP) is 4.53. The topological polar surface area (TPSA) is 59.8 Å². The second-order valence-corrected chi connectivity index (χ2v) is 6.92. The summed E-state index contributed by atoms with van der Waals surface area (Å²) in [5.74, 6) is -0.408. The Balaban J connectivity index is 1.89. The lowest BCUT2D eigenvalue weighted by Crippen LogP contribution is -2.13. The van der Waals surface area contributed by atoms with Crippen molar-refractivity contribution in [2.45, 2.75) is 26.9 Å². The van der Waals surface area contributed by atoms with E-state index in [1.54, 1.807) is 6.92 Å². The fourth-order valence-corrected chi connectivity index (χ4v) is 3.21. The number of halogens is 3. The van der Waals surface area contributed by atoms with Crippen LogP contribution in [-0.2, 0) is 6.18 Å². The molecule has 2 aromatic heterocycles. The molecule has 1 amide bonds. The molecule has 1 N–H and O–H groups in total. The van der Waals surface area contributed by atoms with Crippen molar-refractivity contribution in [3.63, 3.8) is 0 Å². The van der Waals surface area contributed by atoms with Gasteiger partial charge >= 0.3 is 6.18 Å². The third kappa shape index (κ3) is 3.48. The first kappa shape index (κ1) is 18.1. The average molecular weight is 380 g/mol. The molecule has 0 atom stereocenters. The van der Waals surface area contributed by atoms with Crippen molar-refractivity contribution in [2.75, 3.05) is 5.32 Å². The highest BCUT2D eigenvalue weighted by atomic mass is 32.1. The molecule has 0 saturated heterocycles. The van der Waals surface area contributed by atoms with E-state index in [9.17, 15) is 18.0 Å². The van der Waals surface area contributed by atoms with Crippen LogP contribution in [0.25, 0.3) is 5.69 Å². The summed E-state index contributed by atoms with van der Waals surface area (Å²) in [6.07, 6.45) is -3.11. The molecule has 0 saturated carbocycles. The number of carbonyl (C=O) groups excluding carboxylic acids is 1. The first-order valence-corrected chi connectivity index (χ1v) is 8.46. The third-order valence-electron chi connectivity index (χ3n) is 3.92. The van der Waals surface area contributed by atoms with Crippen molar-refractivity contribution in [2.24, 2.45) is 0 Å². The van der Waals surface area contributed by atoms with Crippen LogP contribution in [0.3, 0.4) is 0 Å². The van der Waals surface area contributed by atoms with Gasteiger partial charge < -0.3 is 0 Å². The van der Waals surface area contributed by atoms with Gasteiger partial charge in [-0.15, -0.1) is 11.3 Å². The number of hydrogen-bond acceptors (Lipinski definition) is 4. The molecule has 0 radical (unpaired) electrons. The minimum absolute atomic E-state index is 0.234. The van der Waals surface area contributed by atoms with E-state index in [1.165, 1.54) is 34.3 Å². The molecule has 26 heavy (non-hydrogen) atoms. The number of hydrogen-bond donors (Lipinski definition) is 1. The number of aryl methyl sites for hydroxylation is 2. The summed E-state index contributed by atoms with van der Waals surface area (Å²) in [7, 11) is 0. The van der Waals surface area contributed by atoms with Crippen LogP contribution in [0, 0.1) is 20.8 Å². The molecule has 9 heteroatoms. The van der Waals surface area contributed by atoms with E-state index in [0.717, 1.165) is 22.7 Å². The van der Waals surface area contributed by atoms with Gasteiger partial charge in [-0.05, 0) is 39.0 Å². The zero-order valence-electron chi connectivity index (χ0n) is 14.2. The second-order valence-electron chi connectivity index (χ2n) is 5.72. The molecule has 0 aliphatic heterocycles. The van der Waals surface area contributed by atoms with Gasteiger partial charge in [0.25, 0.3) is 5.91 Å². The summed E-state index contributed by atoms with van der Waals surface area (Å²) in [5.41, 5.74) is 1.00. The summed E-state index contributed by atoms with van der Waals surface area (Å²) in [6.45, 7) is 5.37. The van der Waals surface area contributed by atoms with Crippen molar-refractivity contribution in [1.82, 2.24) is 14.8 Å². The Hall–Kier alpha value is -2.68. The van der Waals surface area contributed by atoms with Crippen LogP contribution in [0.15, 0.2) is 30.5 Å². The summed E-state index contributed by atoms with van der Waals surface area (Å²) >= 11 is 1.36. The molecule has 0 bridgehead atoms. The van der Waals surface area contributed by atoms with Crippen molar-refractivity contribution in [3.05, 3.63) is 57.9 Å². The molecule has 0 fully saturated rings. The Kier molecular flexibility index (Phi) is 4.57. The van der Waals surface area contributed by atoms with Crippen molar-refractivity contribution < 1.29 is 18.0 Å². The summed E-state index contributed by atoms with van der Waals surface area (Å²) in [4.78, 5) is 17.7. The Morgan fingerprint density at radius 3 is 2.58 bits per heavy atom. The van der Waals surface area contributed by atoms with Gasteiger partial charge in [0.15, 0.2) is 5.13 Å². The van der Waals surface area contributed by atoms with Gasteiger partial charge in [0, 0.05) is 4.88 Å². The Morgan fingerprint density at radius 2 is 1.96 bits per heavy atom. The van der Waals surface area contributed by atoms with Gasteiger partial charge in [-0.3, -0.25) is 10.1 Å². The number of anilines is 1. The SMILES string of the molecule is Cc1nc(NC(=O)c2cnn(-c3cccc(C(F)(F)F)c3)c2C)sc1C. The molecule has 0 aliphatic carbocycles. The molecule has 0 aliphatic rings. The first-order chi connectivity index (χ1) is 12.2. The monoisotopic (exact) mass is 380 g/mol. The van der Waals surface area contributed by atoms with Gasteiger partial charge in [-0.2, -0.15) is 18.3 Å². The van der Waals surface area contributed by atoms with Gasteiger partial charge in [0.05, 0.1) is 34.4 Å².